The van der Waals surface area contributed by atoms with Crippen LogP contribution in [0.1, 0.15) is 58.7 Å². The fourth-order valence-electron chi connectivity index (χ4n) is 3.97. The van der Waals surface area contributed by atoms with Crippen molar-refractivity contribution in [1.29, 1.82) is 0 Å². The maximum atomic E-state index is 12.9. The van der Waals surface area contributed by atoms with Crippen LogP contribution >= 0.6 is 11.3 Å². The van der Waals surface area contributed by atoms with Crippen molar-refractivity contribution in [2.24, 2.45) is 0 Å². The molecular formula is C27H32N2O4S. The summed E-state index contributed by atoms with van der Waals surface area (Å²) in [5.41, 5.74) is 9.28. The summed E-state index contributed by atoms with van der Waals surface area (Å²) >= 11 is 1.41. The molecule has 0 spiro atoms. The molecule has 34 heavy (non-hydrogen) atoms. The van der Waals surface area contributed by atoms with Gasteiger partial charge in [0.2, 0.25) is 0 Å². The summed E-state index contributed by atoms with van der Waals surface area (Å²) in [5.74, 6) is -0.380. The Morgan fingerprint density at radius 2 is 1.59 bits per heavy atom. The van der Waals surface area contributed by atoms with Gasteiger partial charge in [0, 0.05) is 11.4 Å². The molecule has 0 aliphatic carbocycles. The minimum atomic E-state index is -0.592. The fraction of sp³-hybridized carbons (Fsp3) is 0.370. The summed E-state index contributed by atoms with van der Waals surface area (Å²) < 4.78 is 18.2. The molecule has 3 aromatic rings. The van der Waals surface area contributed by atoms with Crippen molar-refractivity contribution in [1.82, 2.24) is 5.32 Å². The average molecular weight is 481 g/mol. The van der Waals surface area contributed by atoms with Crippen LogP contribution in [-0.4, -0.2) is 24.4 Å². The topological polar surface area (TPSA) is 82.8 Å². The summed E-state index contributed by atoms with van der Waals surface area (Å²) in [6.45, 7) is 7.07. The number of nitrogen functional groups attached to an aromatic ring is 1. The number of benzene rings is 2. The van der Waals surface area contributed by atoms with E-state index in [-0.39, 0.29) is 12.0 Å². The summed E-state index contributed by atoms with van der Waals surface area (Å²) in [4.78, 5) is 13.9. The number of nitrogens with one attached hydrogen (secondary N) is 1. The minimum Gasteiger partial charge on any atom is -0.456 e. The van der Waals surface area contributed by atoms with Gasteiger partial charge in [0.15, 0.2) is 6.29 Å². The Kier molecular flexibility index (Phi) is 7.68. The average Bonchev–Trinajstić information content (AvgIpc) is 3.15. The first kappa shape index (κ1) is 24.4. The van der Waals surface area contributed by atoms with Gasteiger partial charge in [0.1, 0.15) is 10.6 Å². The molecule has 0 saturated carbocycles. The van der Waals surface area contributed by atoms with Crippen LogP contribution in [0.4, 0.5) is 5.00 Å². The van der Waals surface area contributed by atoms with Gasteiger partial charge >= 0.3 is 5.97 Å². The van der Waals surface area contributed by atoms with E-state index in [0.29, 0.717) is 36.7 Å². The maximum absolute atomic E-state index is 12.9. The molecule has 0 bridgehead atoms. The molecule has 4 rings (SSSR count). The molecule has 1 unspecified atom stereocenters. The van der Waals surface area contributed by atoms with E-state index in [1.807, 2.05) is 81.4 Å². The Morgan fingerprint density at radius 3 is 2.12 bits per heavy atom. The lowest BCUT2D eigenvalue weighted by Gasteiger charge is -2.31. The Labute approximate surface area is 205 Å². The molecule has 0 saturated heterocycles. The van der Waals surface area contributed by atoms with E-state index in [0.717, 1.165) is 21.6 Å². The first-order chi connectivity index (χ1) is 16.3. The van der Waals surface area contributed by atoms with Gasteiger partial charge in [-0.25, -0.2) is 4.79 Å². The van der Waals surface area contributed by atoms with Crippen molar-refractivity contribution < 1.29 is 19.0 Å². The standard InChI is InChI=1S/C27H32N2O4S/c1-27(2,3)33-25(30)21-20-14-15-29-22(23(20)34-24(21)28)26(31-16-18-10-6-4-7-11-18)32-17-19-12-8-5-9-13-19/h4-13,22,26,29H,14-17,28H2,1-3H3. The van der Waals surface area contributed by atoms with Crippen LogP contribution in [0.25, 0.3) is 0 Å². The molecule has 3 N–H and O–H groups in total. The highest BCUT2D eigenvalue weighted by Crippen LogP contribution is 2.40. The third-order valence-corrected chi connectivity index (χ3v) is 6.62. The van der Waals surface area contributed by atoms with Gasteiger partial charge in [-0.2, -0.15) is 0 Å². The first-order valence-corrected chi connectivity index (χ1v) is 12.3. The quantitative estimate of drug-likeness (QED) is 0.339. The molecule has 2 heterocycles. The lowest BCUT2D eigenvalue weighted by molar-refractivity contribution is -0.175. The number of carbonyl (C=O) groups is 1. The van der Waals surface area contributed by atoms with Gasteiger partial charge in [-0.15, -0.1) is 11.3 Å². The molecule has 2 aromatic carbocycles. The summed E-state index contributed by atoms with van der Waals surface area (Å²) in [6.07, 6.45) is 0.127. The lowest BCUT2D eigenvalue weighted by Crippen LogP contribution is -2.40. The molecule has 1 aliphatic heterocycles. The third kappa shape index (κ3) is 6.04. The van der Waals surface area contributed by atoms with E-state index in [4.69, 9.17) is 19.9 Å². The number of anilines is 1. The second kappa shape index (κ2) is 10.7. The second-order valence-electron chi connectivity index (χ2n) is 9.33. The van der Waals surface area contributed by atoms with E-state index in [2.05, 4.69) is 5.32 Å². The predicted octanol–water partition coefficient (Wildman–Crippen LogP) is 5.23. The Bertz CT molecular complexity index is 1050. The zero-order chi connectivity index (χ0) is 24.1. The van der Waals surface area contributed by atoms with Crippen LogP contribution in [0.5, 0.6) is 0 Å². The number of nitrogens with two attached hydrogens (primary N) is 1. The number of hydrogen-bond acceptors (Lipinski definition) is 7. The third-order valence-electron chi connectivity index (χ3n) is 5.48. The van der Waals surface area contributed by atoms with Crippen molar-refractivity contribution in [3.63, 3.8) is 0 Å². The van der Waals surface area contributed by atoms with Crippen LogP contribution in [0.3, 0.4) is 0 Å². The van der Waals surface area contributed by atoms with Crippen LogP contribution in [-0.2, 0) is 33.8 Å². The molecule has 0 fully saturated rings. The number of esters is 1. The first-order valence-electron chi connectivity index (χ1n) is 11.5. The zero-order valence-corrected chi connectivity index (χ0v) is 20.7. The maximum Gasteiger partial charge on any atom is 0.341 e. The molecule has 1 atom stereocenters. The van der Waals surface area contributed by atoms with Gasteiger partial charge in [-0.05, 0) is 43.9 Å². The Hall–Kier alpha value is -2.71. The molecule has 180 valence electrons. The molecule has 1 aromatic heterocycles. The molecule has 7 heteroatoms. The van der Waals surface area contributed by atoms with Crippen LogP contribution in [0.15, 0.2) is 60.7 Å². The van der Waals surface area contributed by atoms with E-state index in [9.17, 15) is 4.79 Å². The van der Waals surface area contributed by atoms with Gasteiger partial charge in [0.05, 0.1) is 24.8 Å². The number of carbonyl (C=O) groups excluding carboxylic acids is 1. The Balaban J connectivity index is 1.59. The van der Waals surface area contributed by atoms with Crippen LogP contribution in [0.2, 0.25) is 0 Å². The number of thiophene rings is 1. The summed E-state index contributed by atoms with van der Waals surface area (Å²) in [6, 6.07) is 19.8. The second-order valence-corrected chi connectivity index (χ2v) is 10.4. The van der Waals surface area contributed by atoms with Crippen molar-refractivity contribution in [3.8, 4) is 0 Å². The molecule has 0 radical (unpaired) electrons. The largest absolute Gasteiger partial charge is 0.456 e. The highest BCUT2D eigenvalue weighted by Gasteiger charge is 2.36. The molecule has 6 nitrogen and oxygen atoms in total. The Morgan fingerprint density at radius 1 is 1.03 bits per heavy atom. The number of rotatable bonds is 8. The minimum absolute atomic E-state index is 0.250. The monoisotopic (exact) mass is 480 g/mol. The van der Waals surface area contributed by atoms with Crippen molar-refractivity contribution in [2.45, 2.75) is 58.3 Å². The van der Waals surface area contributed by atoms with Gasteiger partial charge < -0.3 is 25.3 Å². The van der Waals surface area contributed by atoms with Gasteiger partial charge in [-0.3, -0.25) is 0 Å². The van der Waals surface area contributed by atoms with Gasteiger partial charge in [-0.1, -0.05) is 60.7 Å². The van der Waals surface area contributed by atoms with Gasteiger partial charge in [0.25, 0.3) is 0 Å². The highest BCUT2D eigenvalue weighted by atomic mass is 32.1. The van der Waals surface area contributed by atoms with Crippen LogP contribution in [0, 0.1) is 0 Å². The van der Waals surface area contributed by atoms with Crippen molar-refractivity contribution in [3.05, 3.63) is 87.8 Å². The van der Waals surface area contributed by atoms with E-state index in [1.54, 1.807) is 0 Å². The number of ether oxygens (including phenoxy) is 3. The van der Waals surface area contributed by atoms with Crippen molar-refractivity contribution >= 4 is 22.3 Å². The SMILES string of the molecule is CC(C)(C)OC(=O)c1c(N)sc2c1CCNC2C(OCc1ccccc1)OCc1ccccc1. The molecule has 1 aliphatic rings. The number of fused-ring (bicyclic) bond motifs is 1. The summed E-state index contributed by atoms with van der Waals surface area (Å²) in [5, 5.41) is 4.00. The lowest BCUT2D eigenvalue weighted by atomic mass is 9.98. The van der Waals surface area contributed by atoms with E-state index >= 15 is 0 Å². The molecule has 0 amide bonds. The van der Waals surface area contributed by atoms with Crippen molar-refractivity contribution in [2.75, 3.05) is 12.3 Å². The van der Waals surface area contributed by atoms with E-state index < -0.39 is 11.9 Å². The van der Waals surface area contributed by atoms with E-state index in [1.165, 1.54) is 11.3 Å². The molecular weight excluding hydrogens is 448 g/mol. The highest BCUT2D eigenvalue weighted by molar-refractivity contribution is 7.16. The zero-order valence-electron chi connectivity index (χ0n) is 19.9. The number of hydrogen-bond donors (Lipinski definition) is 2. The fourth-order valence-corrected chi connectivity index (χ4v) is 5.16. The summed E-state index contributed by atoms with van der Waals surface area (Å²) in [7, 11) is 0. The van der Waals surface area contributed by atoms with Crippen LogP contribution < -0.4 is 11.1 Å². The normalized spacial score (nSPS) is 15.8. The predicted molar refractivity (Wildman–Crippen MR) is 135 cm³/mol. The smallest absolute Gasteiger partial charge is 0.341 e.